The van der Waals surface area contributed by atoms with Crippen LogP contribution in [-0.2, 0) is 14.8 Å². The van der Waals surface area contributed by atoms with E-state index in [0.29, 0.717) is 5.03 Å². The number of carboxylic acids is 1. The van der Waals surface area contributed by atoms with Crippen molar-refractivity contribution in [2.45, 2.75) is 28.5 Å². The van der Waals surface area contributed by atoms with Gasteiger partial charge in [0.05, 0.1) is 11.4 Å². The van der Waals surface area contributed by atoms with Gasteiger partial charge in [0.15, 0.2) is 0 Å². The number of rotatable bonds is 6. The van der Waals surface area contributed by atoms with Gasteiger partial charge in [-0.2, -0.15) is 0 Å². The van der Waals surface area contributed by atoms with E-state index >= 15 is 0 Å². The molecule has 1 rings (SSSR count). The van der Waals surface area contributed by atoms with Crippen LogP contribution in [0.25, 0.3) is 0 Å². The van der Waals surface area contributed by atoms with Crippen LogP contribution in [0.2, 0.25) is 0 Å². The molecule has 1 atom stereocenters. The number of carboxylic acid groups (broad SMARTS) is 1. The number of thioether (sulfide) groups is 1. The molecule has 0 saturated carbocycles. The van der Waals surface area contributed by atoms with Crippen LogP contribution in [-0.4, -0.2) is 48.1 Å². The van der Waals surface area contributed by atoms with Crippen LogP contribution in [0.1, 0.15) is 13.3 Å². The maximum absolute atomic E-state index is 11.8. The number of sulfonamides is 1. The molecule has 106 valence electrons. The molecule has 1 aromatic heterocycles. The Labute approximate surface area is 116 Å². The molecule has 1 unspecified atom stereocenters. The fourth-order valence-corrected chi connectivity index (χ4v) is 3.04. The molecule has 19 heavy (non-hydrogen) atoms. The SMILES string of the molecule is CC(CC(=O)O)Sc1ccc(S(=O)(=O)N(C)C)cn1. The van der Waals surface area contributed by atoms with E-state index in [1.807, 2.05) is 0 Å². The Hall–Kier alpha value is -1.12. The summed E-state index contributed by atoms with van der Waals surface area (Å²) in [6.45, 7) is 1.78. The summed E-state index contributed by atoms with van der Waals surface area (Å²) in [7, 11) is -0.571. The number of hydrogen-bond donors (Lipinski definition) is 1. The van der Waals surface area contributed by atoms with Gasteiger partial charge in [-0.15, -0.1) is 11.8 Å². The highest BCUT2D eigenvalue weighted by atomic mass is 32.2. The highest BCUT2D eigenvalue weighted by Gasteiger charge is 2.18. The Bertz CT molecular complexity index is 540. The van der Waals surface area contributed by atoms with Gasteiger partial charge in [-0.3, -0.25) is 4.79 Å². The van der Waals surface area contributed by atoms with Crippen LogP contribution in [0.4, 0.5) is 0 Å². The molecule has 6 nitrogen and oxygen atoms in total. The Morgan fingerprint density at radius 1 is 1.47 bits per heavy atom. The molecule has 0 spiro atoms. The molecule has 0 aromatic carbocycles. The molecular formula is C11H16N2O4S2. The molecule has 0 fully saturated rings. The number of carbonyl (C=O) groups is 1. The van der Waals surface area contributed by atoms with Gasteiger partial charge in [0, 0.05) is 25.5 Å². The molecule has 0 aliphatic rings. The van der Waals surface area contributed by atoms with Gasteiger partial charge >= 0.3 is 5.97 Å². The average Bonchev–Trinajstić information content (AvgIpc) is 2.28. The van der Waals surface area contributed by atoms with Crippen LogP contribution in [0.5, 0.6) is 0 Å². The van der Waals surface area contributed by atoms with Crippen molar-refractivity contribution < 1.29 is 18.3 Å². The monoisotopic (exact) mass is 304 g/mol. The van der Waals surface area contributed by atoms with Gasteiger partial charge in [-0.05, 0) is 12.1 Å². The first-order chi connectivity index (χ1) is 8.73. The second-order valence-corrected chi connectivity index (χ2v) is 7.76. The maximum atomic E-state index is 11.8. The summed E-state index contributed by atoms with van der Waals surface area (Å²) in [6.07, 6.45) is 1.31. The first-order valence-corrected chi connectivity index (χ1v) is 7.82. The van der Waals surface area contributed by atoms with Gasteiger partial charge in [-0.25, -0.2) is 17.7 Å². The van der Waals surface area contributed by atoms with Gasteiger partial charge < -0.3 is 5.11 Å². The Kier molecular flexibility index (Phi) is 5.33. The van der Waals surface area contributed by atoms with Crippen LogP contribution in [0.3, 0.4) is 0 Å². The predicted octanol–water partition coefficient (Wildman–Crippen LogP) is 1.29. The lowest BCUT2D eigenvalue weighted by Gasteiger charge is -2.12. The molecule has 1 heterocycles. The highest BCUT2D eigenvalue weighted by molar-refractivity contribution is 7.99. The number of pyridine rings is 1. The zero-order valence-corrected chi connectivity index (χ0v) is 12.5. The third-order valence-corrected chi connectivity index (χ3v) is 5.12. The van der Waals surface area contributed by atoms with Crippen molar-refractivity contribution in [2.75, 3.05) is 14.1 Å². The lowest BCUT2D eigenvalue weighted by molar-refractivity contribution is -0.136. The summed E-state index contributed by atoms with van der Waals surface area (Å²) in [5.41, 5.74) is 0. The maximum Gasteiger partial charge on any atom is 0.304 e. The van der Waals surface area contributed by atoms with Gasteiger partial charge in [0.25, 0.3) is 0 Å². The molecule has 0 bridgehead atoms. The quantitative estimate of drug-likeness (QED) is 0.797. The molecule has 8 heteroatoms. The van der Waals surface area contributed by atoms with Gasteiger partial charge in [-0.1, -0.05) is 6.92 Å². The first-order valence-electron chi connectivity index (χ1n) is 5.50. The number of aliphatic carboxylic acids is 1. The van der Waals surface area contributed by atoms with E-state index in [1.165, 1.54) is 38.1 Å². The number of aromatic nitrogens is 1. The Morgan fingerprint density at radius 2 is 2.11 bits per heavy atom. The summed E-state index contributed by atoms with van der Waals surface area (Å²) >= 11 is 1.30. The second kappa shape index (κ2) is 6.36. The average molecular weight is 304 g/mol. The fourth-order valence-electron chi connectivity index (χ4n) is 1.29. The molecular weight excluding hydrogens is 288 g/mol. The van der Waals surface area contributed by atoms with E-state index in [1.54, 1.807) is 13.0 Å². The largest absolute Gasteiger partial charge is 0.481 e. The second-order valence-electron chi connectivity index (χ2n) is 4.15. The topological polar surface area (TPSA) is 87.6 Å². The van der Waals surface area contributed by atoms with E-state index in [4.69, 9.17) is 5.11 Å². The zero-order valence-electron chi connectivity index (χ0n) is 10.9. The van der Waals surface area contributed by atoms with Crippen molar-refractivity contribution >= 4 is 27.8 Å². The fraction of sp³-hybridized carbons (Fsp3) is 0.455. The summed E-state index contributed by atoms with van der Waals surface area (Å²) in [5.74, 6) is -0.869. The summed E-state index contributed by atoms with van der Waals surface area (Å²) in [4.78, 5) is 14.7. The third kappa shape index (κ3) is 4.48. The number of nitrogens with zero attached hydrogens (tertiary/aromatic N) is 2. The molecule has 0 aliphatic heterocycles. The van der Waals surface area contributed by atoms with E-state index < -0.39 is 16.0 Å². The van der Waals surface area contributed by atoms with E-state index in [9.17, 15) is 13.2 Å². The van der Waals surface area contributed by atoms with Crippen LogP contribution in [0.15, 0.2) is 28.3 Å². The van der Waals surface area contributed by atoms with E-state index in [2.05, 4.69) is 4.98 Å². The van der Waals surface area contributed by atoms with Crippen molar-refractivity contribution in [3.8, 4) is 0 Å². The normalized spacial score (nSPS) is 13.5. The minimum Gasteiger partial charge on any atom is -0.481 e. The van der Waals surface area contributed by atoms with Crippen molar-refractivity contribution in [1.29, 1.82) is 0 Å². The van der Waals surface area contributed by atoms with Crippen LogP contribution >= 0.6 is 11.8 Å². The Balaban J connectivity index is 2.80. The minimum absolute atomic E-state index is 0.0318. The van der Waals surface area contributed by atoms with Crippen molar-refractivity contribution in [3.05, 3.63) is 18.3 Å². The lowest BCUT2D eigenvalue weighted by Crippen LogP contribution is -2.22. The standard InChI is InChI=1S/C11H16N2O4S2/c1-8(6-11(14)15)18-10-5-4-9(7-12-10)19(16,17)13(2)3/h4-5,7-8H,6H2,1-3H3,(H,14,15). The predicted molar refractivity (Wildman–Crippen MR) is 72.7 cm³/mol. The summed E-state index contributed by atoms with van der Waals surface area (Å²) in [6, 6.07) is 3.05. The highest BCUT2D eigenvalue weighted by Crippen LogP contribution is 2.24. The molecule has 1 aromatic rings. The summed E-state index contributed by atoms with van der Waals surface area (Å²) < 4.78 is 24.7. The van der Waals surface area contributed by atoms with Gasteiger partial charge in [0.2, 0.25) is 10.0 Å². The van der Waals surface area contributed by atoms with Crippen molar-refractivity contribution in [1.82, 2.24) is 9.29 Å². The first kappa shape index (κ1) is 15.9. The van der Waals surface area contributed by atoms with Gasteiger partial charge in [0.1, 0.15) is 4.90 Å². The smallest absolute Gasteiger partial charge is 0.304 e. The lowest BCUT2D eigenvalue weighted by atomic mass is 10.3. The van der Waals surface area contributed by atoms with Crippen LogP contribution in [0, 0.1) is 0 Å². The van der Waals surface area contributed by atoms with Crippen molar-refractivity contribution in [3.63, 3.8) is 0 Å². The van der Waals surface area contributed by atoms with Crippen LogP contribution < -0.4 is 0 Å². The number of hydrogen-bond acceptors (Lipinski definition) is 5. The third-order valence-electron chi connectivity index (χ3n) is 2.27. The van der Waals surface area contributed by atoms with E-state index in [0.717, 1.165) is 4.31 Å². The summed E-state index contributed by atoms with van der Waals surface area (Å²) in [5, 5.41) is 9.13. The molecule has 0 aliphatic carbocycles. The minimum atomic E-state index is -3.47. The zero-order chi connectivity index (χ0) is 14.6. The molecule has 0 saturated heterocycles. The molecule has 0 radical (unpaired) electrons. The van der Waals surface area contributed by atoms with E-state index in [-0.39, 0.29) is 16.6 Å². The molecule has 0 amide bonds. The Morgan fingerprint density at radius 3 is 2.53 bits per heavy atom. The molecule has 1 N–H and O–H groups in total. The van der Waals surface area contributed by atoms with Crippen molar-refractivity contribution in [2.24, 2.45) is 0 Å².